The predicted molar refractivity (Wildman–Crippen MR) is 162 cm³/mol. The van der Waals surface area contributed by atoms with Crippen LogP contribution in [0.5, 0.6) is 0 Å². The average Bonchev–Trinajstić information content (AvgIpc) is 2.97. The summed E-state index contributed by atoms with van der Waals surface area (Å²) in [5, 5.41) is 7.09. The number of hydrogen-bond donors (Lipinski definition) is 3. The maximum absolute atomic E-state index is 15.5. The average molecular weight is 626 g/mol. The summed E-state index contributed by atoms with van der Waals surface area (Å²) in [7, 11) is 0. The zero-order valence-corrected chi connectivity index (χ0v) is 26.2. The molecule has 2 aliphatic rings. The van der Waals surface area contributed by atoms with Gasteiger partial charge in [-0.05, 0) is 68.7 Å². The maximum atomic E-state index is 15.5. The Hall–Kier alpha value is -3.11. The normalized spacial score (nSPS) is 18.8. The molecule has 0 bridgehead atoms. The SMILES string of the molecule is C=Cc1cc(NC(=O)[C@@H](NC(=O)OC(C)(C)C)C(C2CCCCC2)C2CCCCC2)c(F)cc1C(C)C(=O)NC(F)C(F)F. The lowest BCUT2D eigenvalue weighted by molar-refractivity contribution is -0.126. The van der Waals surface area contributed by atoms with E-state index >= 15 is 4.39 Å². The Bertz CT molecular complexity index is 1140. The molecule has 246 valence electrons. The Balaban J connectivity index is 1.94. The fourth-order valence-corrected chi connectivity index (χ4v) is 6.67. The first kappa shape index (κ1) is 35.4. The van der Waals surface area contributed by atoms with Crippen LogP contribution in [0.3, 0.4) is 0 Å². The lowest BCUT2D eigenvalue weighted by Crippen LogP contribution is -2.54. The number of carbonyl (C=O) groups is 3. The molecule has 2 fully saturated rings. The van der Waals surface area contributed by atoms with Crippen LogP contribution in [-0.4, -0.2) is 42.3 Å². The Labute approximate surface area is 257 Å². The topological polar surface area (TPSA) is 96.5 Å². The number of amides is 3. The third-order valence-electron chi connectivity index (χ3n) is 8.74. The van der Waals surface area contributed by atoms with Crippen molar-refractivity contribution in [2.24, 2.45) is 17.8 Å². The van der Waals surface area contributed by atoms with Gasteiger partial charge in [-0.2, -0.15) is 0 Å². The summed E-state index contributed by atoms with van der Waals surface area (Å²) in [6.45, 7) is 10.2. The second-order valence-electron chi connectivity index (χ2n) is 13.1. The quantitative estimate of drug-likeness (QED) is 0.172. The molecule has 0 spiro atoms. The van der Waals surface area contributed by atoms with Crippen molar-refractivity contribution in [2.45, 2.75) is 122 Å². The van der Waals surface area contributed by atoms with Crippen LogP contribution < -0.4 is 16.0 Å². The van der Waals surface area contributed by atoms with Crippen molar-refractivity contribution in [3.8, 4) is 0 Å². The number of rotatable bonds is 11. The van der Waals surface area contributed by atoms with Gasteiger partial charge in [-0.25, -0.2) is 22.4 Å². The standard InChI is InChI=1S/C33H47F4N3O4/c1-6-20-17-25(24(34)18-23(20)19(2)30(41)40-29(37)28(35)36)38-31(42)27(39-32(43)44-33(3,4)5)26(21-13-9-7-10-14-21)22-15-11-8-12-16-22/h6,17-19,21-22,26-29H,1,7-16H2,2-5H3,(H,38,42)(H,39,43)(H,40,41)/t19?,27-,29?/m0/s1. The number of alkyl carbamates (subject to hydrolysis) is 1. The van der Waals surface area contributed by atoms with Crippen molar-refractivity contribution in [1.29, 1.82) is 0 Å². The van der Waals surface area contributed by atoms with Crippen LogP contribution in [0, 0.1) is 23.6 Å². The van der Waals surface area contributed by atoms with Gasteiger partial charge in [-0.1, -0.05) is 76.9 Å². The molecule has 0 heterocycles. The lowest BCUT2D eigenvalue weighted by Gasteiger charge is -2.42. The fourth-order valence-electron chi connectivity index (χ4n) is 6.67. The molecule has 3 N–H and O–H groups in total. The number of alkyl halides is 3. The van der Waals surface area contributed by atoms with Gasteiger partial charge < -0.3 is 20.7 Å². The van der Waals surface area contributed by atoms with Crippen LogP contribution in [0.4, 0.5) is 28.0 Å². The molecule has 0 radical (unpaired) electrons. The van der Waals surface area contributed by atoms with Crippen LogP contribution >= 0.6 is 0 Å². The molecule has 0 saturated heterocycles. The van der Waals surface area contributed by atoms with E-state index in [1.165, 1.54) is 19.1 Å². The van der Waals surface area contributed by atoms with Crippen LogP contribution in [-0.2, 0) is 14.3 Å². The smallest absolute Gasteiger partial charge is 0.408 e. The molecule has 2 aliphatic carbocycles. The first-order chi connectivity index (χ1) is 20.7. The van der Waals surface area contributed by atoms with E-state index in [1.54, 1.807) is 26.1 Å². The summed E-state index contributed by atoms with van der Waals surface area (Å²) >= 11 is 0. The summed E-state index contributed by atoms with van der Waals surface area (Å²) in [4.78, 5) is 39.5. The third kappa shape index (κ3) is 9.69. The molecule has 3 amide bonds. The van der Waals surface area contributed by atoms with Gasteiger partial charge in [0, 0.05) is 0 Å². The minimum absolute atomic E-state index is 0.0835. The first-order valence-electron chi connectivity index (χ1n) is 15.7. The van der Waals surface area contributed by atoms with Gasteiger partial charge in [-0.15, -0.1) is 0 Å². The van der Waals surface area contributed by atoms with E-state index in [0.717, 1.165) is 70.3 Å². The Morgan fingerprint density at radius 3 is 1.93 bits per heavy atom. The summed E-state index contributed by atoms with van der Waals surface area (Å²) in [6.07, 6.45) is 4.50. The molecular weight excluding hydrogens is 578 g/mol. The van der Waals surface area contributed by atoms with Crippen molar-refractivity contribution in [2.75, 3.05) is 5.32 Å². The zero-order valence-electron chi connectivity index (χ0n) is 26.2. The summed E-state index contributed by atoms with van der Waals surface area (Å²) < 4.78 is 59.7. The molecule has 3 atom stereocenters. The highest BCUT2D eigenvalue weighted by molar-refractivity contribution is 5.97. The molecule has 3 rings (SSSR count). The number of ether oxygens (including phenoxy) is 1. The molecular formula is C33H47F4N3O4. The number of anilines is 1. The van der Waals surface area contributed by atoms with Crippen molar-refractivity contribution >= 4 is 29.7 Å². The van der Waals surface area contributed by atoms with E-state index in [-0.39, 0.29) is 34.6 Å². The number of carbonyl (C=O) groups excluding carboxylic acids is 3. The second kappa shape index (κ2) is 15.8. The van der Waals surface area contributed by atoms with E-state index in [1.807, 2.05) is 0 Å². The molecule has 1 aromatic rings. The minimum atomic E-state index is -3.41. The van der Waals surface area contributed by atoms with E-state index in [4.69, 9.17) is 4.74 Å². The Morgan fingerprint density at radius 1 is 0.909 bits per heavy atom. The summed E-state index contributed by atoms with van der Waals surface area (Å²) in [5.74, 6) is -3.46. The zero-order chi connectivity index (χ0) is 32.6. The molecule has 0 aromatic heterocycles. The third-order valence-corrected chi connectivity index (χ3v) is 8.74. The van der Waals surface area contributed by atoms with E-state index in [2.05, 4.69) is 17.2 Å². The van der Waals surface area contributed by atoms with Gasteiger partial charge in [0.1, 0.15) is 17.5 Å². The van der Waals surface area contributed by atoms with Crippen LogP contribution in [0.2, 0.25) is 0 Å². The number of halogens is 4. The van der Waals surface area contributed by atoms with Crippen molar-refractivity contribution in [3.05, 3.63) is 35.7 Å². The maximum Gasteiger partial charge on any atom is 0.408 e. The van der Waals surface area contributed by atoms with Crippen molar-refractivity contribution < 1.29 is 36.7 Å². The highest BCUT2D eigenvalue weighted by Crippen LogP contribution is 2.42. The Morgan fingerprint density at radius 2 is 1.45 bits per heavy atom. The molecule has 11 heteroatoms. The van der Waals surface area contributed by atoms with Crippen LogP contribution in [0.1, 0.15) is 109 Å². The molecule has 44 heavy (non-hydrogen) atoms. The molecule has 7 nitrogen and oxygen atoms in total. The van der Waals surface area contributed by atoms with Crippen LogP contribution in [0.15, 0.2) is 18.7 Å². The van der Waals surface area contributed by atoms with Gasteiger partial charge in [-0.3, -0.25) is 9.59 Å². The number of benzene rings is 1. The summed E-state index contributed by atoms with van der Waals surface area (Å²) in [6, 6.07) is 1.31. The monoisotopic (exact) mass is 625 g/mol. The van der Waals surface area contributed by atoms with Gasteiger partial charge in [0.25, 0.3) is 6.43 Å². The summed E-state index contributed by atoms with van der Waals surface area (Å²) in [5.41, 5.74) is -0.652. The Kier molecular flexibility index (Phi) is 12.7. The van der Waals surface area contributed by atoms with Crippen LogP contribution in [0.25, 0.3) is 6.08 Å². The van der Waals surface area contributed by atoms with Crippen molar-refractivity contribution in [3.63, 3.8) is 0 Å². The van der Waals surface area contributed by atoms with Gasteiger partial charge in [0.2, 0.25) is 18.1 Å². The van der Waals surface area contributed by atoms with Gasteiger partial charge in [0.15, 0.2) is 0 Å². The number of nitrogens with one attached hydrogen (secondary N) is 3. The van der Waals surface area contributed by atoms with E-state index in [9.17, 15) is 27.6 Å². The van der Waals surface area contributed by atoms with Crippen molar-refractivity contribution in [1.82, 2.24) is 10.6 Å². The largest absolute Gasteiger partial charge is 0.444 e. The molecule has 2 unspecified atom stereocenters. The lowest BCUT2D eigenvalue weighted by atomic mass is 9.66. The van der Waals surface area contributed by atoms with E-state index in [0.29, 0.717) is 0 Å². The molecule has 0 aliphatic heterocycles. The molecule has 1 aromatic carbocycles. The predicted octanol–water partition coefficient (Wildman–Crippen LogP) is 7.86. The molecule has 2 saturated carbocycles. The number of hydrogen-bond acceptors (Lipinski definition) is 4. The van der Waals surface area contributed by atoms with Gasteiger partial charge in [0.05, 0.1) is 11.6 Å². The van der Waals surface area contributed by atoms with Gasteiger partial charge >= 0.3 is 6.09 Å². The first-order valence-corrected chi connectivity index (χ1v) is 15.7. The second-order valence-corrected chi connectivity index (χ2v) is 13.1. The fraction of sp³-hybridized carbons (Fsp3) is 0.667. The highest BCUT2D eigenvalue weighted by Gasteiger charge is 2.42. The minimum Gasteiger partial charge on any atom is -0.444 e. The van der Waals surface area contributed by atoms with E-state index < -0.39 is 54.0 Å². The highest BCUT2D eigenvalue weighted by atomic mass is 19.3.